The maximum absolute atomic E-state index is 12.6. The molecule has 2 aliphatic heterocycles. The van der Waals surface area contributed by atoms with E-state index >= 15 is 0 Å². The van der Waals surface area contributed by atoms with E-state index in [1.54, 1.807) is 11.8 Å². The maximum atomic E-state index is 12.6. The zero-order valence-corrected chi connectivity index (χ0v) is 14.9. The summed E-state index contributed by atoms with van der Waals surface area (Å²) in [6.45, 7) is 6.02. The first-order valence-electron chi connectivity index (χ1n) is 8.60. The first-order chi connectivity index (χ1) is 10.3. The Bertz CT molecular complexity index is 480. The van der Waals surface area contributed by atoms with Gasteiger partial charge in [-0.25, -0.2) is 8.42 Å². The molecule has 0 aromatic heterocycles. The van der Waals surface area contributed by atoms with Gasteiger partial charge < -0.3 is 10.2 Å². The second-order valence-corrected chi connectivity index (χ2v) is 9.30. The van der Waals surface area contributed by atoms with Gasteiger partial charge in [0.2, 0.25) is 5.91 Å². The van der Waals surface area contributed by atoms with Gasteiger partial charge in [-0.1, -0.05) is 6.92 Å². The van der Waals surface area contributed by atoms with E-state index < -0.39 is 9.84 Å². The van der Waals surface area contributed by atoms with E-state index in [2.05, 4.69) is 5.32 Å². The summed E-state index contributed by atoms with van der Waals surface area (Å²) in [7, 11) is -3.05. The third kappa shape index (κ3) is 4.44. The van der Waals surface area contributed by atoms with Gasteiger partial charge in [0.05, 0.1) is 5.75 Å². The second kappa shape index (κ2) is 7.30. The van der Waals surface area contributed by atoms with Crippen LogP contribution >= 0.6 is 0 Å². The molecule has 2 bridgehead atoms. The highest BCUT2D eigenvalue weighted by Crippen LogP contribution is 2.33. The van der Waals surface area contributed by atoms with Crippen molar-refractivity contribution in [1.29, 1.82) is 0 Å². The van der Waals surface area contributed by atoms with Crippen molar-refractivity contribution in [3.05, 3.63) is 0 Å². The fourth-order valence-corrected chi connectivity index (χ4v) is 5.17. The minimum Gasteiger partial charge on any atom is -0.339 e. The monoisotopic (exact) mass is 330 g/mol. The van der Waals surface area contributed by atoms with Crippen LogP contribution in [0.4, 0.5) is 0 Å². The van der Waals surface area contributed by atoms with Crippen LogP contribution in [0.1, 0.15) is 52.9 Å². The third-order valence-corrected chi connectivity index (χ3v) is 7.03. The largest absolute Gasteiger partial charge is 0.339 e. The molecule has 0 aliphatic carbocycles. The highest BCUT2D eigenvalue weighted by Gasteiger charge is 2.35. The molecule has 1 amide bonds. The van der Waals surface area contributed by atoms with Gasteiger partial charge in [-0.2, -0.15) is 0 Å². The molecule has 2 aliphatic rings. The molecule has 0 spiro atoms. The molecule has 0 radical (unpaired) electrons. The Morgan fingerprint density at radius 2 is 1.82 bits per heavy atom. The van der Waals surface area contributed by atoms with Crippen LogP contribution in [0.15, 0.2) is 0 Å². The average molecular weight is 330 g/mol. The van der Waals surface area contributed by atoms with Gasteiger partial charge in [0.1, 0.15) is 0 Å². The Hall–Kier alpha value is -0.620. The summed E-state index contributed by atoms with van der Waals surface area (Å²) < 4.78 is 23.6. The van der Waals surface area contributed by atoms with Crippen molar-refractivity contribution in [3.63, 3.8) is 0 Å². The summed E-state index contributed by atoms with van der Waals surface area (Å²) in [5.41, 5.74) is 0. The van der Waals surface area contributed by atoms with Crippen LogP contribution in [0.3, 0.4) is 0 Å². The molecule has 2 rings (SSSR count). The summed E-state index contributed by atoms with van der Waals surface area (Å²) in [5.74, 6) is 0.782. The molecular weight excluding hydrogens is 300 g/mol. The van der Waals surface area contributed by atoms with Crippen molar-refractivity contribution >= 4 is 15.7 Å². The number of nitrogens with zero attached hydrogens (tertiary/aromatic N) is 1. The number of hydrogen-bond acceptors (Lipinski definition) is 4. The molecule has 0 aromatic rings. The molecule has 0 aromatic carbocycles. The van der Waals surface area contributed by atoms with Crippen molar-refractivity contribution in [2.45, 2.75) is 71.0 Å². The number of piperidine rings is 1. The van der Waals surface area contributed by atoms with E-state index in [0.29, 0.717) is 31.0 Å². The highest BCUT2D eigenvalue weighted by atomic mass is 32.2. The lowest BCUT2D eigenvalue weighted by Gasteiger charge is -2.32. The second-order valence-electron chi connectivity index (χ2n) is 6.91. The average Bonchev–Trinajstić information content (AvgIpc) is 2.78. The summed E-state index contributed by atoms with van der Waals surface area (Å²) in [6.07, 6.45) is 5.21. The zero-order valence-electron chi connectivity index (χ0n) is 14.0. The lowest BCUT2D eigenvalue weighted by molar-refractivity contribution is -0.133. The number of sulfone groups is 1. The van der Waals surface area contributed by atoms with Gasteiger partial charge in [-0.05, 0) is 45.4 Å². The van der Waals surface area contributed by atoms with E-state index in [4.69, 9.17) is 0 Å². The Morgan fingerprint density at radius 3 is 2.32 bits per heavy atom. The van der Waals surface area contributed by atoms with E-state index in [1.165, 1.54) is 12.8 Å². The fourth-order valence-electron chi connectivity index (χ4n) is 4.02. The lowest BCUT2D eigenvalue weighted by Crippen LogP contribution is -2.45. The van der Waals surface area contributed by atoms with E-state index in [-0.39, 0.29) is 23.5 Å². The summed E-state index contributed by atoms with van der Waals surface area (Å²) in [6, 6.07) is 0.940. The minimum atomic E-state index is -3.05. The Labute approximate surface area is 134 Å². The summed E-state index contributed by atoms with van der Waals surface area (Å²) in [4.78, 5) is 14.3. The van der Waals surface area contributed by atoms with Crippen LogP contribution in [0.2, 0.25) is 0 Å². The van der Waals surface area contributed by atoms with E-state index in [1.807, 2.05) is 13.8 Å². The molecule has 22 heavy (non-hydrogen) atoms. The molecule has 0 saturated carbocycles. The molecule has 2 fully saturated rings. The predicted octanol–water partition coefficient (Wildman–Crippen LogP) is 1.58. The molecule has 2 saturated heterocycles. The molecule has 128 valence electrons. The van der Waals surface area contributed by atoms with Gasteiger partial charge in [0.15, 0.2) is 9.84 Å². The van der Waals surface area contributed by atoms with Crippen molar-refractivity contribution in [2.75, 3.05) is 18.1 Å². The lowest BCUT2D eigenvalue weighted by atomic mass is 9.89. The number of carbonyl (C=O) groups is 1. The Kier molecular flexibility index (Phi) is 5.88. The molecule has 3 unspecified atom stereocenters. The molecular formula is C16H30N2O3S. The highest BCUT2D eigenvalue weighted by molar-refractivity contribution is 7.91. The first-order valence-corrected chi connectivity index (χ1v) is 10.4. The van der Waals surface area contributed by atoms with Crippen LogP contribution in [0.5, 0.6) is 0 Å². The van der Waals surface area contributed by atoms with Gasteiger partial charge in [-0.3, -0.25) is 4.79 Å². The molecule has 5 nitrogen and oxygen atoms in total. The van der Waals surface area contributed by atoms with E-state index in [0.717, 1.165) is 12.8 Å². The summed E-state index contributed by atoms with van der Waals surface area (Å²) >= 11 is 0. The fraction of sp³-hybridized carbons (Fsp3) is 0.938. The quantitative estimate of drug-likeness (QED) is 0.769. The SMILES string of the molecule is CCN(C(=O)CC1CC2CCC(C1)N2)C(C)CS(=O)(=O)CC. The minimum absolute atomic E-state index is 0.0700. The van der Waals surface area contributed by atoms with Gasteiger partial charge >= 0.3 is 0 Å². The standard InChI is InChI=1S/C16H30N2O3S/c1-4-18(12(3)11-22(20,21)5-2)16(19)10-13-8-14-6-7-15(9-13)17-14/h12-15,17H,4-11H2,1-3H3. The summed E-state index contributed by atoms with van der Waals surface area (Å²) in [5, 5.41) is 3.59. The molecule has 3 atom stereocenters. The molecule has 1 N–H and O–H groups in total. The normalized spacial score (nSPS) is 29.3. The van der Waals surface area contributed by atoms with Crippen LogP contribution in [0, 0.1) is 5.92 Å². The predicted molar refractivity (Wildman–Crippen MR) is 88.5 cm³/mol. The molecule has 6 heteroatoms. The molecule has 2 heterocycles. The van der Waals surface area contributed by atoms with Crippen molar-refractivity contribution < 1.29 is 13.2 Å². The van der Waals surface area contributed by atoms with Crippen molar-refractivity contribution in [2.24, 2.45) is 5.92 Å². The van der Waals surface area contributed by atoms with Gasteiger partial charge in [-0.15, -0.1) is 0 Å². The van der Waals surface area contributed by atoms with Crippen molar-refractivity contribution in [1.82, 2.24) is 10.2 Å². The Morgan fingerprint density at radius 1 is 1.23 bits per heavy atom. The van der Waals surface area contributed by atoms with Crippen LogP contribution in [0.25, 0.3) is 0 Å². The topological polar surface area (TPSA) is 66.5 Å². The number of hydrogen-bond donors (Lipinski definition) is 1. The van der Waals surface area contributed by atoms with Crippen molar-refractivity contribution in [3.8, 4) is 0 Å². The van der Waals surface area contributed by atoms with E-state index in [9.17, 15) is 13.2 Å². The number of nitrogens with one attached hydrogen (secondary N) is 1. The number of rotatable bonds is 7. The number of fused-ring (bicyclic) bond motifs is 2. The number of amides is 1. The van der Waals surface area contributed by atoms with Gasteiger partial charge in [0.25, 0.3) is 0 Å². The van der Waals surface area contributed by atoms with Crippen LogP contribution < -0.4 is 5.32 Å². The first kappa shape index (κ1) is 17.7. The maximum Gasteiger partial charge on any atom is 0.223 e. The Balaban J connectivity index is 1.91. The third-order valence-electron chi connectivity index (χ3n) is 5.16. The van der Waals surface area contributed by atoms with Crippen LogP contribution in [-0.2, 0) is 14.6 Å². The smallest absolute Gasteiger partial charge is 0.223 e. The zero-order chi connectivity index (χ0) is 16.3. The van der Waals surface area contributed by atoms with Crippen LogP contribution in [-0.4, -0.2) is 55.4 Å². The number of carbonyl (C=O) groups excluding carboxylic acids is 1. The van der Waals surface area contributed by atoms with Gasteiger partial charge in [0, 0.05) is 36.8 Å².